The molecule has 1 aliphatic carbocycles. The predicted molar refractivity (Wildman–Crippen MR) is 35.6 cm³/mol. The predicted octanol–water partition coefficient (Wildman–Crippen LogP) is 0.871. The van der Waals surface area contributed by atoms with Crippen molar-refractivity contribution in [2.75, 3.05) is 0 Å². The summed E-state index contributed by atoms with van der Waals surface area (Å²) >= 11 is 0. The third-order valence-electron chi connectivity index (χ3n) is 1.80. The Bertz CT molecular complexity index is 143. The van der Waals surface area contributed by atoms with Crippen molar-refractivity contribution in [1.29, 1.82) is 0 Å². The van der Waals surface area contributed by atoms with Crippen LogP contribution in [0, 0.1) is 5.92 Å². The molecule has 0 radical (unpaired) electrons. The van der Waals surface area contributed by atoms with Crippen molar-refractivity contribution >= 4 is 5.84 Å². The molecule has 10 heavy (non-hydrogen) atoms. The second-order valence-electron chi connectivity index (χ2n) is 2.73. The molecule has 0 aliphatic heterocycles. The summed E-state index contributed by atoms with van der Waals surface area (Å²) in [4.78, 5) is 0. The van der Waals surface area contributed by atoms with Crippen molar-refractivity contribution in [3.05, 3.63) is 0 Å². The summed E-state index contributed by atoms with van der Waals surface area (Å²) in [5.41, 5.74) is 5.21. The topological polar surface area (TPSA) is 58.6 Å². The second-order valence-corrected chi connectivity index (χ2v) is 2.73. The second kappa shape index (κ2) is 2.86. The maximum atomic E-state index is 12.2. The van der Waals surface area contributed by atoms with E-state index in [4.69, 9.17) is 10.9 Å². The summed E-state index contributed by atoms with van der Waals surface area (Å²) < 4.78 is 12.2. The van der Waals surface area contributed by atoms with E-state index >= 15 is 0 Å². The van der Waals surface area contributed by atoms with Gasteiger partial charge in [0, 0.05) is 6.42 Å². The van der Waals surface area contributed by atoms with Gasteiger partial charge in [0.15, 0.2) is 0 Å². The minimum Gasteiger partial charge on any atom is -0.409 e. The highest BCUT2D eigenvalue weighted by atomic mass is 19.1. The van der Waals surface area contributed by atoms with Crippen molar-refractivity contribution in [3.63, 3.8) is 0 Å². The SMILES string of the molecule is N/C(CC1CC(F)C1)=N\O. The minimum atomic E-state index is -0.656. The van der Waals surface area contributed by atoms with Crippen molar-refractivity contribution in [1.82, 2.24) is 0 Å². The Morgan fingerprint density at radius 2 is 2.30 bits per heavy atom. The molecule has 58 valence electrons. The molecule has 0 saturated heterocycles. The van der Waals surface area contributed by atoms with Crippen LogP contribution in [0.25, 0.3) is 0 Å². The van der Waals surface area contributed by atoms with E-state index in [1.54, 1.807) is 0 Å². The van der Waals surface area contributed by atoms with Gasteiger partial charge in [-0.1, -0.05) is 5.16 Å². The van der Waals surface area contributed by atoms with Crippen LogP contribution in [-0.2, 0) is 0 Å². The normalized spacial score (nSPS) is 33.5. The van der Waals surface area contributed by atoms with Crippen LogP contribution in [0.2, 0.25) is 0 Å². The van der Waals surface area contributed by atoms with E-state index in [-0.39, 0.29) is 5.84 Å². The fourth-order valence-corrected chi connectivity index (χ4v) is 1.16. The Kier molecular flexibility index (Phi) is 2.09. The van der Waals surface area contributed by atoms with Crippen LogP contribution in [-0.4, -0.2) is 17.2 Å². The third kappa shape index (κ3) is 1.59. The first kappa shape index (κ1) is 7.31. The van der Waals surface area contributed by atoms with Gasteiger partial charge in [0.2, 0.25) is 0 Å². The maximum absolute atomic E-state index is 12.2. The summed E-state index contributed by atoms with van der Waals surface area (Å²) in [7, 11) is 0. The Morgan fingerprint density at radius 1 is 1.70 bits per heavy atom. The van der Waals surface area contributed by atoms with Gasteiger partial charge in [-0.05, 0) is 18.8 Å². The first-order valence-corrected chi connectivity index (χ1v) is 3.33. The summed E-state index contributed by atoms with van der Waals surface area (Å²) in [5.74, 6) is 0.503. The summed E-state index contributed by atoms with van der Waals surface area (Å²) in [6.45, 7) is 0. The molecule has 3 nitrogen and oxygen atoms in total. The zero-order chi connectivity index (χ0) is 7.56. The van der Waals surface area contributed by atoms with E-state index in [9.17, 15) is 4.39 Å². The molecule has 0 bridgehead atoms. The number of alkyl halides is 1. The van der Waals surface area contributed by atoms with Crippen molar-refractivity contribution in [3.8, 4) is 0 Å². The molecule has 1 saturated carbocycles. The number of oxime groups is 1. The summed E-state index contributed by atoms with van der Waals surface area (Å²) in [6.07, 6.45) is 1.00. The van der Waals surface area contributed by atoms with Gasteiger partial charge >= 0.3 is 0 Å². The molecule has 0 spiro atoms. The van der Waals surface area contributed by atoms with E-state index in [0.29, 0.717) is 25.2 Å². The van der Waals surface area contributed by atoms with Gasteiger partial charge in [-0.2, -0.15) is 0 Å². The van der Waals surface area contributed by atoms with Crippen LogP contribution < -0.4 is 5.73 Å². The number of rotatable bonds is 2. The van der Waals surface area contributed by atoms with Crippen LogP contribution in [0.4, 0.5) is 4.39 Å². The molecule has 0 aromatic carbocycles. The van der Waals surface area contributed by atoms with Crippen LogP contribution in [0.1, 0.15) is 19.3 Å². The maximum Gasteiger partial charge on any atom is 0.139 e. The van der Waals surface area contributed by atoms with Gasteiger partial charge in [0.1, 0.15) is 12.0 Å². The molecule has 1 fully saturated rings. The first-order chi connectivity index (χ1) is 4.72. The van der Waals surface area contributed by atoms with Gasteiger partial charge in [0.25, 0.3) is 0 Å². The van der Waals surface area contributed by atoms with Crippen molar-refractivity contribution in [2.24, 2.45) is 16.8 Å². The van der Waals surface area contributed by atoms with Gasteiger partial charge in [-0.15, -0.1) is 0 Å². The van der Waals surface area contributed by atoms with Crippen LogP contribution >= 0.6 is 0 Å². The minimum absolute atomic E-state index is 0.205. The standard InChI is InChI=1S/C6H11FN2O/c7-5-1-4(2-5)3-6(8)9-10/h4-5,10H,1-3H2,(H2,8,9). The molecule has 0 aromatic rings. The fraction of sp³-hybridized carbons (Fsp3) is 0.833. The van der Waals surface area contributed by atoms with Gasteiger partial charge in [-0.3, -0.25) is 0 Å². The molecule has 0 aromatic heterocycles. The Balaban J connectivity index is 2.16. The molecule has 0 unspecified atom stereocenters. The van der Waals surface area contributed by atoms with Crippen LogP contribution in [0.15, 0.2) is 5.16 Å². The Hall–Kier alpha value is -0.800. The lowest BCUT2D eigenvalue weighted by molar-refractivity contribution is 0.135. The van der Waals surface area contributed by atoms with E-state index in [2.05, 4.69) is 5.16 Å². The number of hydrogen-bond donors (Lipinski definition) is 2. The third-order valence-corrected chi connectivity index (χ3v) is 1.80. The zero-order valence-electron chi connectivity index (χ0n) is 5.63. The molecular formula is C6H11FN2O. The van der Waals surface area contributed by atoms with E-state index in [1.165, 1.54) is 0 Å². The highest BCUT2D eigenvalue weighted by Crippen LogP contribution is 2.32. The van der Waals surface area contributed by atoms with Crippen LogP contribution in [0.5, 0.6) is 0 Å². The molecule has 4 heteroatoms. The average Bonchev–Trinajstić information content (AvgIpc) is 1.84. The number of halogens is 1. The number of hydrogen-bond acceptors (Lipinski definition) is 2. The smallest absolute Gasteiger partial charge is 0.139 e. The van der Waals surface area contributed by atoms with Crippen molar-refractivity contribution < 1.29 is 9.60 Å². The first-order valence-electron chi connectivity index (χ1n) is 3.33. The van der Waals surface area contributed by atoms with Gasteiger partial charge in [0.05, 0.1) is 0 Å². The molecule has 0 amide bonds. The van der Waals surface area contributed by atoms with E-state index < -0.39 is 6.17 Å². The highest BCUT2D eigenvalue weighted by molar-refractivity contribution is 5.79. The molecule has 1 aliphatic rings. The van der Waals surface area contributed by atoms with Gasteiger partial charge < -0.3 is 10.9 Å². The fourth-order valence-electron chi connectivity index (χ4n) is 1.16. The lowest BCUT2D eigenvalue weighted by atomic mass is 9.81. The summed E-state index contributed by atoms with van der Waals surface area (Å²) in [5, 5.41) is 10.9. The molecular weight excluding hydrogens is 135 g/mol. The number of nitrogens with two attached hydrogens (primary N) is 1. The molecule has 1 rings (SSSR count). The van der Waals surface area contributed by atoms with E-state index in [1.807, 2.05) is 0 Å². The molecule has 0 heterocycles. The highest BCUT2D eigenvalue weighted by Gasteiger charge is 2.29. The Morgan fingerprint density at radius 3 is 2.70 bits per heavy atom. The lowest BCUT2D eigenvalue weighted by Gasteiger charge is -2.28. The average molecular weight is 146 g/mol. The number of amidine groups is 1. The molecule has 3 N–H and O–H groups in total. The largest absolute Gasteiger partial charge is 0.409 e. The van der Waals surface area contributed by atoms with Crippen LogP contribution in [0.3, 0.4) is 0 Å². The summed E-state index contributed by atoms with van der Waals surface area (Å²) in [6, 6.07) is 0. The van der Waals surface area contributed by atoms with Crippen molar-refractivity contribution in [2.45, 2.75) is 25.4 Å². The lowest BCUT2D eigenvalue weighted by Crippen LogP contribution is -2.29. The molecule has 0 atom stereocenters. The monoisotopic (exact) mass is 146 g/mol. The van der Waals surface area contributed by atoms with E-state index in [0.717, 1.165) is 0 Å². The number of nitrogens with zero attached hydrogens (tertiary/aromatic N) is 1. The van der Waals surface area contributed by atoms with Gasteiger partial charge in [-0.25, -0.2) is 4.39 Å². The Labute approximate surface area is 58.7 Å². The quantitative estimate of drug-likeness (QED) is 0.263. The zero-order valence-corrected chi connectivity index (χ0v) is 5.63.